The van der Waals surface area contributed by atoms with E-state index in [4.69, 9.17) is 18.9 Å². The molecule has 0 radical (unpaired) electrons. The third kappa shape index (κ3) is 4.59. The molecule has 200 valence electrons. The Bertz CT molecular complexity index is 943. The second-order valence-corrected chi connectivity index (χ2v) is 11.3. The van der Waals surface area contributed by atoms with Gasteiger partial charge >= 0.3 is 23.9 Å². The Morgan fingerprint density at radius 1 is 0.889 bits per heavy atom. The van der Waals surface area contributed by atoms with Gasteiger partial charge in [-0.3, -0.25) is 19.2 Å². The van der Waals surface area contributed by atoms with Crippen LogP contribution in [0.2, 0.25) is 0 Å². The molecular formula is C27H39NO8. The van der Waals surface area contributed by atoms with Gasteiger partial charge < -0.3 is 18.9 Å². The maximum absolute atomic E-state index is 12.9. The molecular weight excluding hydrogens is 466 g/mol. The van der Waals surface area contributed by atoms with Crippen LogP contribution >= 0.6 is 0 Å². The number of ether oxygens (including phenoxy) is 4. The number of hydrogen-bond donors (Lipinski definition) is 0. The molecule has 3 rings (SSSR count). The first-order chi connectivity index (χ1) is 16.8. The van der Waals surface area contributed by atoms with E-state index in [1.165, 1.54) is 27.9 Å². The first kappa shape index (κ1) is 27.9. The van der Waals surface area contributed by atoms with Gasteiger partial charge in [-0.25, -0.2) is 0 Å². The standard InChI is InChI=1S/C27H39NO8/c1-14-19-9-8-18-20(11-13-28)26(5,25(32)33-7)12-10-21(18)27(19,6)24(36-17(4)31)23(35-16(3)30)22(14)34-15(2)29/h14,18-24H,8-12H2,1-7H3/t14-,18-,19-,20-,21-,22+,23+,24-,26-,27-/m0/s1. The van der Waals surface area contributed by atoms with Crippen LogP contribution in [0.3, 0.4) is 0 Å². The van der Waals surface area contributed by atoms with Gasteiger partial charge in [0.1, 0.15) is 12.2 Å². The van der Waals surface area contributed by atoms with E-state index in [0.717, 1.165) is 12.8 Å². The van der Waals surface area contributed by atoms with Gasteiger partial charge in [0.2, 0.25) is 0 Å². The highest BCUT2D eigenvalue weighted by molar-refractivity contribution is 5.77. The Balaban J connectivity index is 2.14. The van der Waals surface area contributed by atoms with Crippen molar-refractivity contribution in [1.82, 2.24) is 0 Å². The molecule has 3 fully saturated rings. The second-order valence-electron chi connectivity index (χ2n) is 11.3. The molecule has 0 bridgehead atoms. The Morgan fingerprint density at radius 3 is 2.00 bits per heavy atom. The van der Waals surface area contributed by atoms with E-state index in [1.54, 1.807) is 0 Å². The summed E-state index contributed by atoms with van der Waals surface area (Å²) in [4.78, 5) is 49.4. The van der Waals surface area contributed by atoms with Gasteiger partial charge in [0.05, 0.1) is 18.6 Å². The molecule has 3 aliphatic rings. The highest BCUT2D eigenvalue weighted by atomic mass is 16.6. The lowest BCUT2D eigenvalue weighted by molar-refractivity contribution is -0.260. The molecule has 0 heterocycles. The van der Waals surface area contributed by atoms with Crippen molar-refractivity contribution in [3.63, 3.8) is 0 Å². The molecule has 0 aromatic rings. The molecule has 0 unspecified atom stereocenters. The lowest BCUT2D eigenvalue weighted by Crippen LogP contribution is -2.69. The van der Waals surface area contributed by atoms with Crippen molar-refractivity contribution in [3.05, 3.63) is 0 Å². The summed E-state index contributed by atoms with van der Waals surface area (Å²) in [5.74, 6) is -2.26. The quantitative estimate of drug-likeness (QED) is 0.406. The van der Waals surface area contributed by atoms with Gasteiger partial charge in [-0.15, -0.1) is 0 Å². The minimum Gasteiger partial charge on any atom is -0.469 e. The van der Waals surface area contributed by atoms with E-state index < -0.39 is 47.0 Å². The normalized spacial score (nSPS) is 41.5. The predicted octanol–water partition coefficient (Wildman–Crippen LogP) is 3.58. The summed E-state index contributed by atoms with van der Waals surface area (Å²) >= 11 is 0. The Hall–Kier alpha value is -2.63. The van der Waals surface area contributed by atoms with Gasteiger partial charge in [-0.05, 0) is 56.3 Å². The number of hydrogen-bond acceptors (Lipinski definition) is 9. The van der Waals surface area contributed by atoms with Gasteiger partial charge in [-0.1, -0.05) is 13.8 Å². The molecule has 9 nitrogen and oxygen atoms in total. The van der Waals surface area contributed by atoms with Gasteiger partial charge in [0.15, 0.2) is 6.10 Å². The summed E-state index contributed by atoms with van der Waals surface area (Å²) in [6, 6.07) is 2.28. The first-order valence-corrected chi connectivity index (χ1v) is 12.8. The number of nitriles is 1. The second kappa shape index (κ2) is 10.4. The molecule has 36 heavy (non-hydrogen) atoms. The van der Waals surface area contributed by atoms with E-state index >= 15 is 0 Å². The fourth-order valence-electron chi connectivity index (χ4n) is 8.07. The van der Waals surface area contributed by atoms with Crippen LogP contribution in [0.5, 0.6) is 0 Å². The van der Waals surface area contributed by atoms with E-state index in [-0.39, 0.29) is 42.0 Å². The number of methoxy groups -OCH3 is 1. The molecule has 0 aromatic carbocycles. The lowest BCUT2D eigenvalue weighted by Gasteiger charge is -2.64. The first-order valence-electron chi connectivity index (χ1n) is 12.8. The molecule has 9 heteroatoms. The molecule has 3 saturated carbocycles. The van der Waals surface area contributed by atoms with Crippen LogP contribution in [0.4, 0.5) is 0 Å². The van der Waals surface area contributed by atoms with E-state index in [2.05, 4.69) is 13.0 Å². The fraction of sp³-hybridized carbons (Fsp3) is 0.815. The molecule has 0 aliphatic heterocycles. The molecule has 3 aliphatic carbocycles. The van der Waals surface area contributed by atoms with Crippen molar-refractivity contribution in [3.8, 4) is 6.07 Å². The number of rotatable bonds is 5. The average Bonchev–Trinajstić information content (AvgIpc) is 2.79. The minimum atomic E-state index is -0.964. The molecule has 0 aromatic heterocycles. The van der Waals surface area contributed by atoms with Crippen LogP contribution in [0.15, 0.2) is 0 Å². The van der Waals surface area contributed by atoms with Crippen LogP contribution in [0.25, 0.3) is 0 Å². The smallest absolute Gasteiger partial charge is 0.311 e. The highest BCUT2D eigenvalue weighted by Crippen LogP contribution is 2.65. The zero-order valence-corrected chi connectivity index (χ0v) is 22.4. The summed E-state index contributed by atoms with van der Waals surface area (Å²) in [6.07, 6.45) is 0.361. The summed E-state index contributed by atoms with van der Waals surface area (Å²) in [5, 5.41) is 9.69. The molecule has 0 amide bonds. The summed E-state index contributed by atoms with van der Waals surface area (Å²) in [5.41, 5.74) is -1.42. The average molecular weight is 506 g/mol. The Morgan fingerprint density at radius 2 is 1.47 bits per heavy atom. The maximum atomic E-state index is 12.9. The van der Waals surface area contributed by atoms with E-state index in [0.29, 0.717) is 12.8 Å². The zero-order chi connectivity index (χ0) is 27.0. The van der Waals surface area contributed by atoms with Gasteiger partial charge in [0.25, 0.3) is 0 Å². The number of fused-ring (bicyclic) bond motifs is 3. The van der Waals surface area contributed by atoms with Crippen LogP contribution in [-0.4, -0.2) is 49.3 Å². The third-order valence-corrected chi connectivity index (χ3v) is 9.48. The molecule has 10 atom stereocenters. The van der Waals surface area contributed by atoms with Crippen LogP contribution < -0.4 is 0 Å². The predicted molar refractivity (Wildman–Crippen MR) is 127 cm³/mol. The van der Waals surface area contributed by atoms with E-state index in [9.17, 15) is 24.4 Å². The van der Waals surface area contributed by atoms with Crippen LogP contribution in [-0.2, 0) is 38.1 Å². The number of carbonyl (C=O) groups is 4. The van der Waals surface area contributed by atoms with Crippen LogP contribution in [0, 0.1) is 51.8 Å². The monoisotopic (exact) mass is 505 g/mol. The molecule has 0 saturated heterocycles. The SMILES string of the molecule is COC(=O)[C@@]1(C)CC[C@H]2[C@@H](CC[C@H]3[C@H](C)[C@@H](OC(C)=O)[C@@H](OC(C)=O)[C@H](OC(C)=O)[C@@]32C)[C@@H]1CC#N. The lowest BCUT2D eigenvalue weighted by atomic mass is 9.42. The van der Waals surface area contributed by atoms with E-state index in [1.807, 2.05) is 13.8 Å². The van der Waals surface area contributed by atoms with Gasteiger partial charge in [0, 0.05) is 38.5 Å². The fourth-order valence-corrected chi connectivity index (χ4v) is 8.07. The van der Waals surface area contributed by atoms with Crippen molar-refractivity contribution in [1.29, 1.82) is 5.26 Å². The zero-order valence-electron chi connectivity index (χ0n) is 22.4. The topological polar surface area (TPSA) is 129 Å². The number of nitrogens with zero attached hydrogens (tertiary/aromatic N) is 1. The largest absolute Gasteiger partial charge is 0.469 e. The van der Waals surface area contributed by atoms with Gasteiger partial charge in [-0.2, -0.15) is 5.26 Å². The summed E-state index contributed by atoms with van der Waals surface area (Å²) in [6.45, 7) is 9.86. The van der Waals surface area contributed by atoms with Crippen molar-refractivity contribution in [2.75, 3.05) is 7.11 Å². The van der Waals surface area contributed by atoms with Crippen molar-refractivity contribution in [2.24, 2.45) is 40.4 Å². The Kier molecular flexibility index (Phi) is 8.07. The third-order valence-electron chi connectivity index (χ3n) is 9.48. The number of carbonyl (C=O) groups excluding carboxylic acids is 4. The molecule has 0 spiro atoms. The van der Waals surface area contributed by atoms with Crippen molar-refractivity contribution in [2.45, 2.75) is 92.0 Å². The van der Waals surface area contributed by atoms with Crippen LogP contribution in [0.1, 0.15) is 73.6 Å². The summed E-state index contributed by atoms with van der Waals surface area (Å²) in [7, 11) is 1.37. The minimum absolute atomic E-state index is 0.00415. The van der Waals surface area contributed by atoms with Crippen molar-refractivity contribution < 1.29 is 38.1 Å². The maximum Gasteiger partial charge on any atom is 0.311 e. The Labute approximate surface area is 213 Å². The van der Waals surface area contributed by atoms with Crippen molar-refractivity contribution >= 4 is 23.9 Å². The summed E-state index contributed by atoms with van der Waals surface area (Å²) < 4.78 is 22.5. The highest BCUT2D eigenvalue weighted by Gasteiger charge is 2.67. The molecule has 0 N–H and O–H groups in total. The number of esters is 4.